The monoisotopic (exact) mass is 568 g/mol. The zero-order valence-corrected chi connectivity index (χ0v) is 23.0. The van der Waals surface area contributed by atoms with Crippen molar-refractivity contribution >= 4 is 43.9 Å². The number of nitriles is 1. The zero-order chi connectivity index (χ0) is 28.4. The highest BCUT2D eigenvalue weighted by Crippen LogP contribution is 2.38. The third-order valence-electron chi connectivity index (χ3n) is 7.62. The first-order valence-corrected chi connectivity index (χ1v) is 14.9. The second-order valence-corrected chi connectivity index (χ2v) is 12.0. The van der Waals surface area contributed by atoms with Gasteiger partial charge in [-0.2, -0.15) is 5.26 Å². The third-order valence-corrected chi connectivity index (χ3v) is 9.30. The number of fused-ring (bicyclic) bond motifs is 3. The fourth-order valence-electron chi connectivity index (χ4n) is 5.63. The van der Waals surface area contributed by atoms with Crippen LogP contribution in [0.3, 0.4) is 0 Å². The molecule has 3 aromatic heterocycles. The van der Waals surface area contributed by atoms with Crippen molar-refractivity contribution in [3.8, 4) is 6.07 Å². The Balaban J connectivity index is 1.39. The second-order valence-electron chi connectivity index (χ2n) is 10.2. The molecule has 0 saturated heterocycles. The quantitative estimate of drug-likeness (QED) is 0.254. The van der Waals surface area contributed by atoms with Crippen LogP contribution in [0.25, 0.3) is 22.1 Å². The molecule has 1 fully saturated rings. The van der Waals surface area contributed by atoms with E-state index in [0.29, 0.717) is 40.4 Å². The fraction of sp³-hybridized carbons (Fsp3) is 0.267. The lowest BCUT2D eigenvalue weighted by atomic mass is 9.84. The Bertz CT molecular complexity index is 1850. The molecule has 6 rings (SSSR count). The molecule has 10 nitrogen and oxygen atoms in total. The number of nitrogens with one attached hydrogen (secondary N) is 1. The molecule has 0 bridgehead atoms. The van der Waals surface area contributed by atoms with Gasteiger partial charge in [0.2, 0.25) is 0 Å². The Morgan fingerprint density at radius 2 is 1.73 bits per heavy atom. The van der Waals surface area contributed by atoms with Crippen LogP contribution in [0.2, 0.25) is 0 Å². The molecule has 41 heavy (non-hydrogen) atoms. The lowest BCUT2D eigenvalue weighted by Crippen LogP contribution is -2.21. The summed E-state index contributed by atoms with van der Waals surface area (Å²) in [4.78, 5) is 22.0. The first-order chi connectivity index (χ1) is 20.0. The highest BCUT2D eigenvalue weighted by molar-refractivity contribution is 7.90. The van der Waals surface area contributed by atoms with Crippen LogP contribution >= 0.6 is 0 Å². The number of anilines is 1. The van der Waals surface area contributed by atoms with Gasteiger partial charge in [-0.1, -0.05) is 36.4 Å². The fourth-order valence-corrected chi connectivity index (χ4v) is 6.96. The predicted molar refractivity (Wildman–Crippen MR) is 154 cm³/mol. The van der Waals surface area contributed by atoms with Crippen molar-refractivity contribution in [3.05, 3.63) is 84.9 Å². The van der Waals surface area contributed by atoms with Gasteiger partial charge in [0.25, 0.3) is 10.0 Å². The summed E-state index contributed by atoms with van der Waals surface area (Å²) in [5.41, 5.74) is 2.26. The van der Waals surface area contributed by atoms with E-state index in [4.69, 9.17) is 9.72 Å². The number of imidazole rings is 1. The highest BCUT2D eigenvalue weighted by atomic mass is 32.2. The Morgan fingerprint density at radius 3 is 2.44 bits per heavy atom. The molecule has 11 heteroatoms. The molecule has 0 radical (unpaired) electrons. The van der Waals surface area contributed by atoms with Crippen molar-refractivity contribution in [2.75, 3.05) is 5.32 Å². The third kappa shape index (κ3) is 5.14. The summed E-state index contributed by atoms with van der Waals surface area (Å²) in [5, 5.41) is 12.5. The van der Waals surface area contributed by atoms with Gasteiger partial charge in [-0.15, -0.1) is 0 Å². The summed E-state index contributed by atoms with van der Waals surface area (Å²) < 4.78 is 35.8. The molecule has 1 aliphatic rings. The van der Waals surface area contributed by atoms with Crippen LogP contribution in [0.15, 0.2) is 84.0 Å². The Morgan fingerprint density at radius 1 is 1.02 bits per heavy atom. The van der Waals surface area contributed by atoms with Crippen molar-refractivity contribution in [1.29, 1.82) is 5.26 Å². The molecule has 3 heterocycles. The van der Waals surface area contributed by atoms with Crippen LogP contribution in [-0.4, -0.2) is 33.0 Å². The van der Waals surface area contributed by atoms with E-state index in [2.05, 4.69) is 20.9 Å². The molecule has 208 valence electrons. The SMILES string of the molecule is N#CCC1CCC(n2c(COC(=O)Nc3ccccc3)nc3cnc4c(ccn4S(=O)(=O)c4ccccc4)c32)CC1. The molecule has 1 N–H and O–H groups in total. The molecule has 5 aromatic rings. The number of hydrogen-bond donors (Lipinski definition) is 1. The summed E-state index contributed by atoms with van der Waals surface area (Å²) in [7, 11) is -3.87. The number of aromatic nitrogens is 4. The van der Waals surface area contributed by atoms with E-state index in [1.165, 1.54) is 10.2 Å². The molecular weight excluding hydrogens is 540 g/mol. The largest absolute Gasteiger partial charge is 0.441 e. The number of benzene rings is 2. The molecule has 2 aromatic carbocycles. The first-order valence-electron chi connectivity index (χ1n) is 13.5. The van der Waals surface area contributed by atoms with Crippen molar-refractivity contribution in [2.24, 2.45) is 5.92 Å². The van der Waals surface area contributed by atoms with E-state index < -0.39 is 16.1 Å². The molecule has 1 saturated carbocycles. The maximum atomic E-state index is 13.5. The molecule has 0 unspecified atom stereocenters. The minimum absolute atomic E-state index is 0.0467. The highest BCUT2D eigenvalue weighted by Gasteiger charge is 2.29. The van der Waals surface area contributed by atoms with Gasteiger partial charge in [-0.3, -0.25) is 5.32 Å². The zero-order valence-electron chi connectivity index (χ0n) is 22.2. The lowest BCUT2D eigenvalue weighted by Gasteiger charge is -2.29. The number of para-hydroxylation sites is 1. The first kappa shape index (κ1) is 26.5. The summed E-state index contributed by atoms with van der Waals surface area (Å²) in [6.45, 7) is -0.0734. The average Bonchev–Trinajstić information content (AvgIpc) is 3.60. The van der Waals surface area contributed by atoms with Gasteiger partial charge < -0.3 is 9.30 Å². The van der Waals surface area contributed by atoms with E-state index >= 15 is 0 Å². The van der Waals surface area contributed by atoms with Crippen LogP contribution in [0, 0.1) is 17.2 Å². The molecule has 1 aliphatic carbocycles. The topological polar surface area (TPSA) is 132 Å². The smallest absolute Gasteiger partial charge is 0.412 e. The Hall–Kier alpha value is -4.69. The summed E-state index contributed by atoms with van der Waals surface area (Å²) in [6.07, 6.45) is 6.46. The molecule has 0 spiro atoms. The molecule has 0 aliphatic heterocycles. The number of carbonyl (C=O) groups excluding carboxylic acids is 1. The van der Waals surface area contributed by atoms with Gasteiger partial charge >= 0.3 is 6.09 Å². The van der Waals surface area contributed by atoms with Gasteiger partial charge in [0.15, 0.2) is 12.3 Å². The van der Waals surface area contributed by atoms with Gasteiger partial charge in [-0.25, -0.2) is 27.2 Å². The van der Waals surface area contributed by atoms with Gasteiger partial charge in [0.05, 0.1) is 22.7 Å². The number of hydrogen-bond acceptors (Lipinski definition) is 7. The predicted octanol–water partition coefficient (Wildman–Crippen LogP) is 6.02. The van der Waals surface area contributed by atoms with Crippen LogP contribution < -0.4 is 5.32 Å². The summed E-state index contributed by atoms with van der Waals surface area (Å²) >= 11 is 0. The van der Waals surface area contributed by atoms with Crippen molar-refractivity contribution in [3.63, 3.8) is 0 Å². The van der Waals surface area contributed by atoms with E-state index in [1.54, 1.807) is 54.7 Å². The molecule has 1 amide bonds. The lowest BCUT2D eigenvalue weighted by molar-refractivity contribution is 0.148. The van der Waals surface area contributed by atoms with Crippen LogP contribution in [-0.2, 0) is 21.4 Å². The minimum atomic E-state index is -3.87. The number of amides is 1. The average molecular weight is 569 g/mol. The van der Waals surface area contributed by atoms with E-state index in [0.717, 1.165) is 31.2 Å². The normalized spacial score (nSPS) is 17.3. The van der Waals surface area contributed by atoms with Crippen molar-refractivity contribution < 1.29 is 17.9 Å². The van der Waals surface area contributed by atoms with Crippen LogP contribution in [0.4, 0.5) is 10.5 Å². The van der Waals surface area contributed by atoms with Gasteiger partial charge in [-0.05, 0) is 61.9 Å². The summed E-state index contributed by atoms with van der Waals surface area (Å²) in [5.74, 6) is 0.904. The van der Waals surface area contributed by atoms with E-state index in [1.807, 2.05) is 18.2 Å². The van der Waals surface area contributed by atoms with Gasteiger partial charge in [0.1, 0.15) is 11.3 Å². The van der Waals surface area contributed by atoms with E-state index in [9.17, 15) is 18.5 Å². The number of pyridine rings is 1. The Kier molecular flexibility index (Phi) is 7.15. The molecular formula is C30H28N6O4S. The van der Waals surface area contributed by atoms with Crippen molar-refractivity contribution in [1.82, 2.24) is 18.5 Å². The number of ether oxygens (including phenoxy) is 1. The summed E-state index contributed by atoms with van der Waals surface area (Å²) in [6, 6.07) is 21.4. The molecule has 0 atom stereocenters. The number of nitrogens with zero attached hydrogens (tertiary/aromatic N) is 5. The van der Waals surface area contributed by atoms with Gasteiger partial charge in [0, 0.05) is 29.7 Å². The Labute approximate surface area is 237 Å². The standard InChI is InChI=1S/C30H28N6O4S/c31-17-15-21-11-13-23(14-12-21)36-27(20-40-30(37)33-22-7-3-1-4-8-22)34-26-19-32-29-25(28(26)36)16-18-35(29)41(38,39)24-9-5-2-6-10-24/h1-10,16,18-19,21,23H,11-15,20H2,(H,33,37). The maximum absolute atomic E-state index is 13.5. The van der Waals surface area contributed by atoms with Crippen molar-refractivity contribution in [2.45, 2.75) is 49.6 Å². The van der Waals surface area contributed by atoms with E-state index in [-0.39, 0.29) is 17.5 Å². The van der Waals surface area contributed by atoms with Crippen LogP contribution in [0.1, 0.15) is 44.0 Å². The number of carbonyl (C=O) groups is 1. The number of rotatable bonds is 7. The second kappa shape index (κ2) is 11.1. The van der Waals surface area contributed by atoms with Crippen LogP contribution in [0.5, 0.6) is 0 Å². The minimum Gasteiger partial charge on any atom is -0.441 e. The maximum Gasteiger partial charge on any atom is 0.412 e.